The van der Waals surface area contributed by atoms with Gasteiger partial charge in [0, 0.05) is 12.6 Å². The fourth-order valence-electron chi connectivity index (χ4n) is 1.66. The van der Waals surface area contributed by atoms with Gasteiger partial charge in [-0.2, -0.15) is 0 Å². The predicted molar refractivity (Wildman–Crippen MR) is 72.4 cm³/mol. The molecule has 0 aliphatic carbocycles. The summed E-state index contributed by atoms with van der Waals surface area (Å²) in [6, 6.07) is 7.30. The van der Waals surface area contributed by atoms with Gasteiger partial charge in [0.15, 0.2) is 0 Å². The molecule has 4 nitrogen and oxygen atoms in total. The van der Waals surface area contributed by atoms with Crippen molar-refractivity contribution in [3.8, 4) is 11.3 Å². The Balaban J connectivity index is 2.50. The summed E-state index contributed by atoms with van der Waals surface area (Å²) in [4.78, 5) is 15.4. The van der Waals surface area contributed by atoms with E-state index in [9.17, 15) is 9.18 Å². The smallest absolute Gasteiger partial charge is 0.253 e. The van der Waals surface area contributed by atoms with E-state index in [4.69, 9.17) is 17.3 Å². The summed E-state index contributed by atoms with van der Waals surface area (Å²) >= 11 is 5.79. The molecule has 1 amide bonds. The van der Waals surface area contributed by atoms with Crippen molar-refractivity contribution in [1.82, 2.24) is 10.3 Å². The fourth-order valence-corrected chi connectivity index (χ4v) is 1.81. The van der Waals surface area contributed by atoms with Crippen molar-refractivity contribution in [3.05, 3.63) is 46.9 Å². The number of halogens is 2. The zero-order valence-electron chi connectivity index (χ0n) is 10.1. The van der Waals surface area contributed by atoms with Gasteiger partial charge in [-0.3, -0.25) is 4.79 Å². The Bertz CT molecular complexity index is 646. The minimum absolute atomic E-state index is 0.0353. The maximum Gasteiger partial charge on any atom is 0.253 e. The first kappa shape index (κ1) is 13.3. The van der Waals surface area contributed by atoms with Gasteiger partial charge in [-0.05, 0) is 24.3 Å². The molecule has 6 heteroatoms. The quantitative estimate of drug-likeness (QED) is 0.830. The van der Waals surface area contributed by atoms with Gasteiger partial charge in [0.1, 0.15) is 11.0 Å². The molecule has 19 heavy (non-hydrogen) atoms. The van der Waals surface area contributed by atoms with Crippen LogP contribution in [0.25, 0.3) is 11.3 Å². The Labute approximate surface area is 114 Å². The van der Waals surface area contributed by atoms with Crippen molar-refractivity contribution in [3.63, 3.8) is 0 Å². The molecular formula is C13H11ClFN3O. The van der Waals surface area contributed by atoms with E-state index in [1.165, 1.54) is 19.2 Å². The number of aromatic nitrogens is 1. The van der Waals surface area contributed by atoms with Crippen LogP contribution in [-0.2, 0) is 0 Å². The zero-order chi connectivity index (χ0) is 14.0. The Hall–Kier alpha value is -2.14. The lowest BCUT2D eigenvalue weighted by atomic mass is 10.1. The molecule has 0 fully saturated rings. The highest BCUT2D eigenvalue weighted by Crippen LogP contribution is 2.26. The number of anilines is 1. The van der Waals surface area contributed by atoms with E-state index in [-0.39, 0.29) is 10.7 Å². The zero-order valence-corrected chi connectivity index (χ0v) is 10.8. The van der Waals surface area contributed by atoms with Crippen LogP contribution in [0.3, 0.4) is 0 Å². The number of carbonyl (C=O) groups is 1. The van der Waals surface area contributed by atoms with E-state index in [2.05, 4.69) is 10.3 Å². The molecular weight excluding hydrogens is 269 g/mol. The molecule has 3 N–H and O–H groups in total. The highest BCUT2D eigenvalue weighted by molar-refractivity contribution is 6.29. The summed E-state index contributed by atoms with van der Waals surface area (Å²) in [5.41, 5.74) is 6.97. The standard InChI is InChI=1S/C13H11ClFN3O/c1-17-13(19)8-3-2-7(6-9(8)15)12-10(16)4-5-11(14)18-12/h2-6H,16H2,1H3,(H,17,19). The van der Waals surface area contributed by atoms with Crippen molar-refractivity contribution in [2.24, 2.45) is 0 Å². The molecule has 0 bridgehead atoms. The average molecular weight is 280 g/mol. The number of carbonyl (C=O) groups excluding carboxylic acids is 1. The number of nitrogens with zero attached hydrogens (tertiary/aromatic N) is 1. The Morgan fingerprint density at radius 1 is 1.37 bits per heavy atom. The van der Waals surface area contributed by atoms with Crippen LogP contribution in [0.15, 0.2) is 30.3 Å². The average Bonchev–Trinajstić information content (AvgIpc) is 2.40. The summed E-state index contributed by atoms with van der Waals surface area (Å²) in [7, 11) is 1.44. The second-order valence-electron chi connectivity index (χ2n) is 3.85. The molecule has 0 aliphatic rings. The number of nitrogens with one attached hydrogen (secondary N) is 1. The number of amides is 1. The summed E-state index contributed by atoms with van der Waals surface area (Å²) < 4.78 is 13.8. The molecule has 0 unspecified atom stereocenters. The number of hydrogen-bond donors (Lipinski definition) is 2. The number of nitrogens with two attached hydrogens (primary N) is 1. The number of nitrogen functional groups attached to an aromatic ring is 1. The lowest BCUT2D eigenvalue weighted by Gasteiger charge is -2.07. The normalized spacial score (nSPS) is 10.3. The largest absolute Gasteiger partial charge is 0.397 e. The summed E-state index contributed by atoms with van der Waals surface area (Å²) in [5.74, 6) is -1.13. The van der Waals surface area contributed by atoms with Crippen LogP contribution in [0, 0.1) is 5.82 Å². The van der Waals surface area contributed by atoms with Gasteiger partial charge in [-0.1, -0.05) is 17.7 Å². The van der Waals surface area contributed by atoms with Gasteiger partial charge in [-0.15, -0.1) is 0 Å². The van der Waals surface area contributed by atoms with Gasteiger partial charge >= 0.3 is 0 Å². The van der Waals surface area contributed by atoms with Crippen LogP contribution in [0.1, 0.15) is 10.4 Å². The monoisotopic (exact) mass is 279 g/mol. The summed E-state index contributed by atoms with van der Waals surface area (Å²) in [5, 5.41) is 2.63. The van der Waals surface area contributed by atoms with Crippen molar-refractivity contribution in [1.29, 1.82) is 0 Å². The molecule has 0 saturated heterocycles. The van der Waals surface area contributed by atoms with Crippen LogP contribution < -0.4 is 11.1 Å². The third kappa shape index (κ3) is 2.66. The van der Waals surface area contributed by atoms with Gasteiger partial charge in [0.25, 0.3) is 5.91 Å². The van der Waals surface area contributed by atoms with Crippen molar-refractivity contribution >= 4 is 23.2 Å². The molecule has 0 aliphatic heterocycles. The van der Waals surface area contributed by atoms with Crippen molar-refractivity contribution < 1.29 is 9.18 Å². The second-order valence-corrected chi connectivity index (χ2v) is 4.23. The Morgan fingerprint density at radius 3 is 2.74 bits per heavy atom. The van der Waals surface area contributed by atoms with Gasteiger partial charge in [0.2, 0.25) is 0 Å². The van der Waals surface area contributed by atoms with Crippen LogP contribution in [-0.4, -0.2) is 17.9 Å². The molecule has 0 saturated carbocycles. The molecule has 0 atom stereocenters. The van der Waals surface area contributed by atoms with Gasteiger partial charge in [-0.25, -0.2) is 9.37 Å². The third-order valence-corrected chi connectivity index (χ3v) is 2.82. The third-order valence-electron chi connectivity index (χ3n) is 2.61. The highest BCUT2D eigenvalue weighted by atomic mass is 35.5. The van der Waals surface area contributed by atoms with Crippen LogP contribution >= 0.6 is 11.6 Å². The minimum atomic E-state index is -0.641. The molecule has 1 aromatic carbocycles. The van der Waals surface area contributed by atoms with E-state index < -0.39 is 11.7 Å². The molecule has 98 valence electrons. The minimum Gasteiger partial charge on any atom is -0.397 e. The summed E-state index contributed by atoms with van der Waals surface area (Å²) in [6.07, 6.45) is 0. The van der Waals surface area contributed by atoms with E-state index in [1.807, 2.05) is 0 Å². The molecule has 2 rings (SSSR count). The maximum atomic E-state index is 13.8. The molecule has 0 radical (unpaired) electrons. The van der Waals surface area contributed by atoms with Crippen LogP contribution in [0.5, 0.6) is 0 Å². The van der Waals surface area contributed by atoms with Crippen molar-refractivity contribution in [2.45, 2.75) is 0 Å². The first-order valence-corrected chi connectivity index (χ1v) is 5.84. The highest BCUT2D eigenvalue weighted by Gasteiger charge is 2.13. The van der Waals surface area contributed by atoms with Crippen molar-refractivity contribution in [2.75, 3.05) is 12.8 Å². The van der Waals surface area contributed by atoms with E-state index in [1.54, 1.807) is 18.2 Å². The predicted octanol–water partition coefficient (Wildman–Crippen LogP) is 2.48. The summed E-state index contributed by atoms with van der Waals surface area (Å²) in [6.45, 7) is 0. The van der Waals surface area contributed by atoms with Crippen LogP contribution in [0.2, 0.25) is 5.15 Å². The number of hydrogen-bond acceptors (Lipinski definition) is 3. The first-order chi connectivity index (χ1) is 9.02. The lowest BCUT2D eigenvalue weighted by molar-refractivity contribution is 0.0959. The second kappa shape index (κ2) is 5.24. The maximum absolute atomic E-state index is 13.8. The van der Waals surface area contributed by atoms with E-state index >= 15 is 0 Å². The van der Waals surface area contributed by atoms with E-state index in [0.717, 1.165) is 0 Å². The van der Waals surface area contributed by atoms with E-state index in [0.29, 0.717) is 16.9 Å². The Kier molecular flexibility index (Phi) is 3.66. The number of rotatable bonds is 2. The lowest BCUT2D eigenvalue weighted by Crippen LogP contribution is -2.19. The van der Waals surface area contributed by atoms with Crippen LogP contribution in [0.4, 0.5) is 10.1 Å². The van der Waals surface area contributed by atoms with Gasteiger partial charge in [0.05, 0.1) is 16.9 Å². The first-order valence-electron chi connectivity index (χ1n) is 5.47. The topological polar surface area (TPSA) is 68.0 Å². The fraction of sp³-hybridized carbons (Fsp3) is 0.0769. The van der Waals surface area contributed by atoms with Gasteiger partial charge < -0.3 is 11.1 Å². The Morgan fingerprint density at radius 2 is 2.11 bits per heavy atom. The SMILES string of the molecule is CNC(=O)c1ccc(-c2nc(Cl)ccc2N)cc1F. The molecule has 2 aromatic rings. The number of pyridine rings is 1. The molecule has 0 spiro atoms. The molecule has 1 aromatic heterocycles. The molecule has 1 heterocycles. The number of benzene rings is 1.